The molecular weight excluding hydrogens is 168 g/mol. The van der Waals surface area contributed by atoms with Gasteiger partial charge in [0.05, 0.1) is 0 Å². The fourth-order valence-electron chi connectivity index (χ4n) is 1.58. The molecule has 0 saturated heterocycles. The number of hydrogen-bond acceptors (Lipinski definition) is 0. The molecule has 0 bridgehead atoms. The summed E-state index contributed by atoms with van der Waals surface area (Å²) in [5.41, 5.74) is 2.73. The maximum absolute atomic E-state index is 3.80. The Morgan fingerprint density at radius 2 is 1.93 bits per heavy atom. The highest BCUT2D eigenvalue weighted by atomic mass is 14.1. The third kappa shape index (κ3) is 3.21. The van der Waals surface area contributed by atoms with E-state index in [1.54, 1.807) is 0 Å². The van der Waals surface area contributed by atoms with Crippen molar-refractivity contribution in [1.29, 1.82) is 0 Å². The van der Waals surface area contributed by atoms with E-state index in [2.05, 4.69) is 56.8 Å². The Balaban J connectivity index is 2.88. The minimum Gasteiger partial charge on any atom is -0.103 e. The largest absolute Gasteiger partial charge is 0.103 e. The van der Waals surface area contributed by atoms with Crippen molar-refractivity contribution in [3.63, 3.8) is 0 Å². The second kappa shape index (κ2) is 5.43. The lowest BCUT2D eigenvalue weighted by Crippen LogP contribution is -1.93. The highest BCUT2D eigenvalue weighted by Gasteiger charge is 2.05. The molecule has 1 unspecified atom stereocenters. The molecule has 0 aliphatic rings. The maximum Gasteiger partial charge on any atom is 0.00548 e. The van der Waals surface area contributed by atoms with Crippen LogP contribution in [-0.4, -0.2) is 0 Å². The number of hydrogen-bond donors (Lipinski definition) is 0. The van der Waals surface area contributed by atoms with Crippen molar-refractivity contribution < 1.29 is 0 Å². The van der Waals surface area contributed by atoms with Gasteiger partial charge in [-0.25, -0.2) is 0 Å². The van der Waals surface area contributed by atoms with Crippen LogP contribution in [0.15, 0.2) is 54.6 Å². The molecule has 1 aromatic carbocycles. The van der Waals surface area contributed by atoms with E-state index in [4.69, 9.17) is 0 Å². The second-order valence-electron chi connectivity index (χ2n) is 3.79. The van der Waals surface area contributed by atoms with Gasteiger partial charge in [-0.15, -0.1) is 6.58 Å². The van der Waals surface area contributed by atoms with Crippen LogP contribution in [0.5, 0.6) is 0 Å². The van der Waals surface area contributed by atoms with Crippen LogP contribution in [-0.2, 0) is 0 Å². The third-order valence-corrected chi connectivity index (χ3v) is 2.18. The van der Waals surface area contributed by atoms with Gasteiger partial charge >= 0.3 is 0 Å². The van der Waals surface area contributed by atoms with Crippen LogP contribution in [0.2, 0.25) is 0 Å². The molecule has 0 radical (unpaired) electrons. The van der Waals surface area contributed by atoms with Crippen molar-refractivity contribution >= 4 is 0 Å². The first-order valence-corrected chi connectivity index (χ1v) is 5.05. The summed E-state index contributed by atoms with van der Waals surface area (Å²) < 4.78 is 0. The van der Waals surface area contributed by atoms with E-state index in [-0.39, 0.29) is 0 Å². The second-order valence-corrected chi connectivity index (χ2v) is 3.79. The van der Waals surface area contributed by atoms with Gasteiger partial charge in [0.2, 0.25) is 0 Å². The molecule has 0 spiro atoms. The molecule has 0 heteroatoms. The molecule has 74 valence electrons. The Bertz CT molecular complexity index is 302. The summed E-state index contributed by atoms with van der Waals surface area (Å²) in [7, 11) is 0. The summed E-state index contributed by atoms with van der Waals surface area (Å²) in [5, 5.41) is 0. The molecule has 0 saturated carbocycles. The first-order valence-electron chi connectivity index (χ1n) is 5.05. The van der Waals surface area contributed by atoms with Crippen molar-refractivity contribution in [3.05, 3.63) is 60.2 Å². The first kappa shape index (κ1) is 10.8. The summed E-state index contributed by atoms with van der Waals surface area (Å²) in [4.78, 5) is 0. The van der Waals surface area contributed by atoms with Gasteiger partial charge in [0.25, 0.3) is 0 Å². The van der Waals surface area contributed by atoms with Gasteiger partial charge in [-0.2, -0.15) is 0 Å². The fraction of sp³-hybridized carbons (Fsp3) is 0.286. The zero-order chi connectivity index (χ0) is 10.4. The summed E-state index contributed by atoms with van der Waals surface area (Å²) >= 11 is 0. The fourth-order valence-corrected chi connectivity index (χ4v) is 1.58. The van der Waals surface area contributed by atoms with Gasteiger partial charge < -0.3 is 0 Å². The van der Waals surface area contributed by atoms with Gasteiger partial charge in [0, 0.05) is 5.92 Å². The Labute approximate surface area is 87.0 Å². The zero-order valence-corrected chi connectivity index (χ0v) is 9.03. The first-order chi connectivity index (χ1) is 6.74. The van der Waals surface area contributed by atoms with Crippen molar-refractivity contribution in [2.75, 3.05) is 0 Å². The quantitative estimate of drug-likeness (QED) is 0.614. The summed E-state index contributed by atoms with van der Waals surface area (Å²) in [6.07, 6.45) is 5.29. The number of benzene rings is 1. The molecule has 0 aliphatic heterocycles. The summed E-state index contributed by atoms with van der Waals surface area (Å²) in [6.45, 7) is 8.08. The lowest BCUT2D eigenvalue weighted by Gasteiger charge is -2.11. The predicted molar refractivity (Wildman–Crippen MR) is 63.4 cm³/mol. The Morgan fingerprint density at radius 1 is 1.29 bits per heavy atom. The predicted octanol–water partition coefficient (Wildman–Crippen LogP) is 4.31. The monoisotopic (exact) mass is 186 g/mol. The van der Waals surface area contributed by atoms with Crippen molar-refractivity contribution in [1.82, 2.24) is 0 Å². The third-order valence-electron chi connectivity index (χ3n) is 2.18. The maximum atomic E-state index is 3.80. The van der Waals surface area contributed by atoms with Crippen molar-refractivity contribution in [2.24, 2.45) is 0 Å². The molecule has 0 nitrogen and oxygen atoms in total. The van der Waals surface area contributed by atoms with E-state index in [1.807, 2.05) is 6.08 Å². The highest BCUT2D eigenvalue weighted by Crippen LogP contribution is 2.22. The topological polar surface area (TPSA) is 0 Å². The minimum atomic E-state index is 0.485. The lowest BCUT2D eigenvalue weighted by molar-refractivity contribution is 0.855. The van der Waals surface area contributed by atoms with E-state index in [0.29, 0.717) is 5.92 Å². The van der Waals surface area contributed by atoms with E-state index < -0.39 is 0 Å². The number of rotatable bonds is 4. The van der Waals surface area contributed by atoms with Crippen LogP contribution < -0.4 is 0 Å². The van der Waals surface area contributed by atoms with Gasteiger partial charge in [-0.05, 0) is 25.8 Å². The minimum absolute atomic E-state index is 0.485. The molecule has 0 aromatic heterocycles. The van der Waals surface area contributed by atoms with Gasteiger partial charge in [0.1, 0.15) is 0 Å². The average molecular weight is 186 g/mol. The SMILES string of the molecule is C=CCC(C=C(C)C)c1ccccc1. The molecule has 0 fully saturated rings. The standard InChI is InChI=1S/C14H18/c1-4-8-14(11-12(2)3)13-9-6-5-7-10-13/h4-7,9-11,14H,1,8H2,2-3H3. The molecule has 0 amide bonds. The normalized spacial score (nSPS) is 11.9. The Hall–Kier alpha value is -1.30. The molecule has 0 aliphatic carbocycles. The van der Waals surface area contributed by atoms with Crippen molar-refractivity contribution in [2.45, 2.75) is 26.2 Å². The van der Waals surface area contributed by atoms with E-state index in [0.717, 1.165) is 6.42 Å². The molecule has 0 N–H and O–H groups in total. The Morgan fingerprint density at radius 3 is 2.43 bits per heavy atom. The van der Waals surface area contributed by atoms with Crippen molar-refractivity contribution in [3.8, 4) is 0 Å². The molecular formula is C14H18. The number of allylic oxidation sites excluding steroid dienone is 3. The molecule has 1 atom stereocenters. The summed E-state index contributed by atoms with van der Waals surface area (Å²) in [6, 6.07) is 10.6. The highest BCUT2D eigenvalue weighted by molar-refractivity contribution is 5.25. The van der Waals surface area contributed by atoms with Gasteiger partial charge in [-0.3, -0.25) is 0 Å². The van der Waals surface area contributed by atoms with Gasteiger partial charge in [0.15, 0.2) is 0 Å². The van der Waals surface area contributed by atoms with Crippen LogP contribution in [0.25, 0.3) is 0 Å². The molecule has 14 heavy (non-hydrogen) atoms. The van der Waals surface area contributed by atoms with E-state index in [9.17, 15) is 0 Å². The Kier molecular flexibility index (Phi) is 4.18. The molecule has 0 heterocycles. The van der Waals surface area contributed by atoms with E-state index in [1.165, 1.54) is 11.1 Å². The smallest absolute Gasteiger partial charge is 0.00548 e. The van der Waals surface area contributed by atoms with E-state index >= 15 is 0 Å². The zero-order valence-electron chi connectivity index (χ0n) is 9.03. The lowest BCUT2D eigenvalue weighted by atomic mass is 9.94. The van der Waals surface area contributed by atoms with Crippen LogP contribution in [0.1, 0.15) is 31.7 Å². The van der Waals surface area contributed by atoms with Crippen LogP contribution in [0.4, 0.5) is 0 Å². The molecule has 1 rings (SSSR count). The molecule has 1 aromatic rings. The van der Waals surface area contributed by atoms with Crippen LogP contribution >= 0.6 is 0 Å². The van der Waals surface area contributed by atoms with Crippen LogP contribution in [0, 0.1) is 0 Å². The average Bonchev–Trinajstić information content (AvgIpc) is 2.18. The van der Waals surface area contributed by atoms with Gasteiger partial charge in [-0.1, -0.05) is 48.1 Å². The van der Waals surface area contributed by atoms with Crippen LogP contribution in [0.3, 0.4) is 0 Å². The summed E-state index contributed by atoms with van der Waals surface area (Å²) in [5.74, 6) is 0.485.